The molecule has 1 heterocycles. The maximum absolute atomic E-state index is 6.22. The molecule has 0 amide bonds. The van der Waals surface area contributed by atoms with Crippen LogP contribution in [0.15, 0.2) is 6.20 Å². The Balaban J connectivity index is 2.70. The van der Waals surface area contributed by atoms with Crippen LogP contribution in [0.5, 0.6) is 0 Å². The van der Waals surface area contributed by atoms with Gasteiger partial charge in [0.05, 0.1) is 16.9 Å². The van der Waals surface area contributed by atoms with Gasteiger partial charge in [0, 0.05) is 12.6 Å². The number of nitrogens with zero attached hydrogens (tertiary/aromatic N) is 2. The molecule has 1 N–H and O–H groups in total. The summed E-state index contributed by atoms with van der Waals surface area (Å²) in [7, 11) is 2.03. The molecule has 104 valence electrons. The molecule has 0 aliphatic carbocycles. The fourth-order valence-electron chi connectivity index (χ4n) is 2.33. The van der Waals surface area contributed by atoms with Crippen LogP contribution < -0.4 is 5.32 Å². The van der Waals surface area contributed by atoms with E-state index in [2.05, 4.69) is 38.1 Å². The second-order valence-electron chi connectivity index (χ2n) is 5.91. The van der Waals surface area contributed by atoms with Crippen molar-refractivity contribution >= 4 is 11.6 Å². The summed E-state index contributed by atoms with van der Waals surface area (Å²) in [6.07, 6.45) is 4.90. The Morgan fingerprint density at radius 2 is 2.11 bits per heavy atom. The Kier molecular flexibility index (Phi) is 5.67. The summed E-state index contributed by atoms with van der Waals surface area (Å²) in [6.45, 7) is 9.89. The number of hydrogen-bond acceptors (Lipinski definition) is 2. The smallest absolute Gasteiger partial charge is 0.0817 e. The molecule has 0 aliphatic heterocycles. The van der Waals surface area contributed by atoms with Crippen LogP contribution in [0, 0.1) is 5.41 Å². The van der Waals surface area contributed by atoms with Crippen LogP contribution in [0.4, 0.5) is 0 Å². The summed E-state index contributed by atoms with van der Waals surface area (Å²) in [6, 6.07) is 0.485. The molecule has 0 aliphatic rings. The van der Waals surface area contributed by atoms with Crippen LogP contribution >= 0.6 is 11.6 Å². The quantitative estimate of drug-likeness (QED) is 0.858. The van der Waals surface area contributed by atoms with Crippen molar-refractivity contribution in [2.45, 2.75) is 59.5 Å². The molecule has 3 nitrogen and oxygen atoms in total. The van der Waals surface area contributed by atoms with Gasteiger partial charge >= 0.3 is 0 Å². The number of aryl methyl sites for hydroxylation is 1. The number of nitrogens with one attached hydrogen (secondary N) is 1. The SMILES string of the molecule is CCCn1ncc(Cl)c1CCC(NC)C(C)(C)C. The van der Waals surface area contributed by atoms with Crippen molar-refractivity contribution in [3.63, 3.8) is 0 Å². The Morgan fingerprint density at radius 1 is 1.44 bits per heavy atom. The zero-order valence-electron chi connectivity index (χ0n) is 12.3. The Morgan fingerprint density at radius 3 is 2.61 bits per heavy atom. The summed E-state index contributed by atoms with van der Waals surface area (Å²) in [4.78, 5) is 0. The lowest BCUT2D eigenvalue weighted by molar-refractivity contribution is 0.266. The molecule has 0 aromatic carbocycles. The van der Waals surface area contributed by atoms with Crippen LogP contribution in [0.2, 0.25) is 5.02 Å². The average Bonchev–Trinajstić information content (AvgIpc) is 2.60. The topological polar surface area (TPSA) is 29.9 Å². The minimum Gasteiger partial charge on any atom is -0.316 e. The summed E-state index contributed by atoms with van der Waals surface area (Å²) in [5.74, 6) is 0. The predicted molar refractivity (Wildman–Crippen MR) is 78.2 cm³/mol. The van der Waals surface area contributed by atoms with Crippen LogP contribution in [-0.2, 0) is 13.0 Å². The maximum Gasteiger partial charge on any atom is 0.0817 e. The molecule has 0 saturated heterocycles. The molecule has 18 heavy (non-hydrogen) atoms. The Labute approximate surface area is 116 Å². The normalized spacial score (nSPS) is 13.9. The monoisotopic (exact) mass is 271 g/mol. The number of rotatable bonds is 6. The third-order valence-electron chi connectivity index (χ3n) is 3.40. The fraction of sp³-hybridized carbons (Fsp3) is 0.786. The molecule has 0 radical (unpaired) electrons. The highest BCUT2D eigenvalue weighted by Crippen LogP contribution is 2.25. The van der Waals surface area contributed by atoms with Gasteiger partial charge in [0.25, 0.3) is 0 Å². The van der Waals surface area contributed by atoms with Gasteiger partial charge in [-0.3, -0.25) is 4.68 Å². The van der Waals surface area contributed by atoms with E-state index in [0.717, 1.165) is 30.8 Å². The van der Waals surface area contributed by atoms with Crippen molar-refractivity contribution in [3.05, 3.63) is 16.9 Å². The van der Waals surface area contributed by atoms with Gasteiger partial charge in [-0.2, -0.15) is 5.10 Å². The second kappa shape index (κ2) is 6.58. The molecule has 1 aromatic rings. The zero-order valence-corrected chi connectivity index (χ0v) is 13.0. The summed E-state index contributed by atoms with van der Waals surface area (Å²) >= 11 is 6.22. The first kappa shape index (κ1) is 15.5. The maximum atomic E-state index is 6.22. The first-order valence-electron chi connectivity index (χ1n) is 6.77. The molecule has 1 atom stereocenters. The van der Waals surface area contributed by atoms with Crippen LogP contribution in [0.3, 0.4) is 0 Å². The highest BCUT2D eigenvalue weighted by Gasteiger charge is 2.23. The van der Waals surface area contributed by atoms with Crippen molar-refractivity contribution in [2.75, 3.05) is 7.05 Å². The molecule has 1 aromatic heterocycles. The first-order chi connectivity index (χ1) is 8.40. The first-order valence-corrected chi connectivity index (χ1v) is 7.15. The van der Waals surface area contributed by atoms with E-state index >= 15 is 0 Å². The fourth-order valence-corrected chi connectivity index (χ4v) is 2.57. The zero-order chi connectivity index (χ0) is 13.8. The molecule has 1 rings (SSSR count). The van der Waals surface area contributed by atoms with E-state index in [4.69, 9.17) is 11.6 Å². The van der Waals surface area contributed by atoms with E-state index < -0.39 is 0 Å². The lowest BCUT2D eigenvalue weighted by atomic mass is 9.84. The van der Waals surface area contributed by atoms with Gasteiger partial charge in [-0.05, 0) is 31.7 Å². The summed E-state index contributed by atoms with van der Waals surface area (Å²) in [5, 5.41) is 8.54. The third kappa shape index (κ3) is 3.99. The molecule has 1 unspecified atom stereocenters. The van der Waals surface area contributed by atoms with Gasteiger partial charge < -0.3 is 5.32 Å². The van der Waals surface area contributed by atoms with Crippen LogP contribution in [0.25, 0.3) is 0 Å². The van der Waals surface area contributed by atoms with Crippen molar-refractivity contribution in [2.24, 2.45) is 5.41 Å². The lowest BCUT2D eigenvalue weighted by Gasteiger charge is -2.30. The summed E-state index contributed by atoms with van der Waals surface area (Å²) in [5.41, 5.74) is 1.43. The number of halogens is 1. The van der Waals surface area contributed by atoms with Gasteiger partial charge in [0.2, 0.25) is 0 Å². The van der Waals surface area contributed by atoms with E-state index in [1.807, 2.05) is 11.7 Å². The second-order valence-corrected chi connectivity index (χ2v) is 6.32. The van der Waals surface area contributed by atoms with Gasteiger partial charge in [-0.1, -0.05) is 39.3 Å². The molecule has 0 saturated carbocycles. The van der Waals surface area contributed by atoms with Crippen LogP contribution in [-0.4, -0.2) is 22.9 Å². The predicted octanol–water partition coefficient (Wildman–Crippen LogP) is 3.51. The van der Waals surface area contributed by atoms with Crippen molar-refractivity contribution in [1.29, 1.82) is 0 Å². The highest BCUT2D eigenvalue weighted by atomic mass is 35.5. The molecule has 0 spiro atoms. The van der Waals surface area contributed by atoms with Gasteiger partial charge in [0.1, 0.15) is 0 Å². The van der Waals surface area contributed by atoms with Crippen molar-refractivity contribution in [3.8, 4) is 0 Å². The number of aromatic nitrogens is 2. The van der Waals surface area contributed by atoms with E-state index in [0.29, 0.717) is 6.04 Å². The Bertz CT molecular complexity index is 366. The molecule has 0 bridgehead atoms. The van der Waals surface area contributed by atoms with Gasteiger partial charge in [-0.25, -0.2) is 0 Å². The number of hydrogen-bond donors (Lipinski definition) is 1. The molecular formula is C14H26ClN3. The molecule has 0 fully saturated rings. The molecular weight excluding hydrogens is 246 g/mol. The minimum absolute atomic E-state index is 0.261. The van der Waals surface area contributed by atoms with Gasteiger partial charge in [0.15, 0.2) is 0 Å². The van der Waals surface area contributed by atoms with E-state index in [-0.39, 0.29) is 5.41 Å². The van der Waals surface area contributed by atoms with Crippen LogP contribution in [0.1, 0.15) is 46.2 Å². The average molecular weight is 272 g/mol. The summed E-state index contributed by atoms with van der Waals surface area (Å²) < 4.78 is 2.04. The van der Waals surface area contributed by atoms with Crippen molar-refractivity contribution < 1.29 is 0 Å². The van der Waals surface area contributed by atoms with E-state index in [1.54, 1.807) is 6.20 Å². The third-order valence-corrected chi connectivity index (χ3v) is 3.71. The largest absolute Gasteiger partial charge is 0.316 e. The standard InChI is InChI=1S/C14H26ClN3/c1-6-9-18-12(11(15)10-17-18)7-8-13(16-5)14(2,3)4/h10,13,16H,6-9H2,1-5H3. The Hall–Kier alpha value is -0.540. The van der Waals surface area contributed by atoms with E-state index in [1.165, 1.54) is 5.69 Å². The minimum atomic E-state index is 0.261. The molecule has 4 heteroatoms. The van der Waals surface area contributed by atoms with E-state index in [9.17, 15) is 0 Å². The lowest BCUT2D eigenvalue weighted by Crippen LogP contribution is -2.38. The van der Waals surface area contributed by atoms with Crippen molar-refractivity contribution in [1.82, 2.24) is 15.1 Å². The van der Waals surface area contributed by atoms with Gasteiger partial charge in [-0.15, -0.1) is 0 Å². The highest BCUT2D eigenvalue weighted by molar-refractivity contribution is 6.31.